The normalized spacial score (nSPS) is 17.4. The third-order valence-corrected chi connectivity index (χ3v) is 3.58. The molecule has 3 nitrogen and oxygen atoms in total. The molecule has 18 heavy (non-hydrogen) atoms. The molecule has 2 aromatic rings. The summed E-state index contributed by atoms with van der Waals surface area (Å²) in [4.78, 5) is 4.38. The smallest absolute Gasteiger partial charge is 0.139 e. The number of hydrogen-bond donors (Lipinski definition) is 1. The van der Waals surface area contributed by atoms with E-state index in [1.54, 1.807) is 0 Å². The number of anilines is 1. The van der Waals surface area contributed by atoms with Crippen LogP contribution in [0.4, 0.5) is 5.82 Å². The molecule has 1 aliphatic heterocycles. The monoisotopic (exact) mass is 262 g/mol. The summed E-state index contributed by atoms with van der Waals surface area (Å²) in [7, 11) is 0. The van der Waals surface area contributed by atoms with E-state index < -0.39 is 0 Å². The van der Waals surface area contributed by atoms with Crippen LogP contribution in [0.2, 0.25) is 5.15 Å². The molecule has 1 N–H and O–H groups in total. The Labute approximate surface area is 111 Å². The van der Waals surface area contributed by atoms with Gasteiger partial charge in [-0.1, -0.05) is 42.8 Å². The number of halogens is 1. The number of nitrogens with one attached hydrogen (secondary N) is 1. The van der Waals surface area contributed by atoms with Crippen LogP contribution in [-0.4, -0.2) is 24.7 Å². The molecule has 0 spiro atoms. The minimum absolute atomic E-state index is 0.222. The highest BCUT2D eigenvalue weighted by Crippen LogP contribution is 2.28. The van der Waals surface area contributed by atoms with E-state index in [9.17, 15) is 0 Å². The average Bonchev–Trinajstić information content (AvgIpc) is 2.34. The van der Waals surface area contributed by atoms with Crippen molar-refractivity contribution in [2.75, 3.05) is 25.1 Å². The molecule has 0 aliphatic carbocycles. The number of nitrogens with zero attached hydrogens (tertiary/aromatic N) is 1. The summed E-state index contributed by atoms with van der Waals surface area (Å²) >= 11 is 6.18. The number of hydrogen-bond acceptors (Lipinski definition) is 3. The maximum Gasteiger partial charge on any atom is 0.139 e. The molecule has 1 aliphatic rings. The first-order valence-corrected chi connectivity index (χ1v) is 6.41. The molecule has 3 rings (SSSR count). The molecule has 0 bridgehead atoms. The van der Waals surface area contributed by atoms with E-state index in [0.717, 1.165) is 36.3 Å². The van der Waals surface area contributed by atoms with Crippen LogP contribution in [0.5, 0.6) is 0 Å². The van der Waals surface area contributed by atoms with Gasteiger partial charge in [-0.3, -0.25) is 0 Å². The lowest BCUT2D eigenvalue weighted by molar-refractivity contribution is -0.0924. The number of aromatic nitrogens is 1. The fourth-order valence-electron chi connectivity index (χ4n) is 2.10. The molecule has 0 radical (unpaired) electrons. The van der Waals surface area contributed by atoms with Crippen LogP contribution in [0.3, 0.4) is 0 Å². The third kappa shape index (κ3) is 2.16. The Morgan fingerprint density at radius 2 is 2.17 bits per heavy atom. The second-order valence-electron chi connectivity index (χ2n) is 5.18. The van der Waals surface area contributed by atoms with E-state index in [0.29, 0.717) is 5.15 Å². The topological polar surface area (TPSA) is 34.2 Å². The van der Waals surface area contributed by atoms with Crippen LogP contribution in [0.25, 0.3) is 10.8 Å². The zero-order valence-corrected chi connectivity index (χ0v) is 11.0. The van der Waals surface area contributed by atoms with Gasteiger partial charge in [0, 0.05) is 17.3 Å². The Morgan fingerprint density at radius 1 is 1.39 bits per heavy atom. The standard InChI is InChI=1S/C14H15ClN2O/c1-14(8-18-9-14)7-16-12-6-10-4-2-3-5-11(10)13(15)17-12/h2-6H,7-9H2,1H3,(H,16,17). The quantitative estimate of drug-likeness (QED) is 0.862. The van der Waals surface area contributed by atoms with Gasteiger partial charge >= 0.3 is 0 Å². The second-order valence-corrected chi connectivity index (χ2v) is 5.53. The van der Waals surface area contributed by atoms with Crippen LogP contribution in [0.1, 0.15) is 6.92 Å². The number of pyridine rings is 1. The zero-order chi connectivity index (χ0) is 12.6. The maximum absolute atomic E-state index is 6.18. The molecule has 0 amide bonds. The first-order valence-electron chi connectivity index (χ1n) is 6.03. The van der Waals surface area contributed by atoms with Crippen LogP contribution >= 0.6 is 11.6 Å². The largest absolute Gasteiger partial charge is 0.380 e. The van der Waals surface area contributed by atoms with Crippen LogP contribution in [0.15, 0.2) is 30.3 Å². The molecule has 0 saturated carbocycles. The van der Waals surface area contributed by atoms with Gasteiger partial charge in [0.15, 0.2) is 0 Å². The minimum Gasteiger partial charge on any atom is -0.380 e. The summed E-state index contributed by atoms with van der Waals surface area (Å²) in [5.41, 5.74) is 0.222. The number of rotatable bonds is 3. The lowest BCUT2D eigenvalue weighted by atomic mass is 9.89. The Bertz CT molecular complexity index is 581. The third-order valence-electron chi connectivity index (χ3n) is 3.29. The van der Waals surface area contributed by atoms with Crippen molar-refractivity contribution in [2.45, 2.75) is 6.92 Å². The van der Waals surface area contributed by atoms with Crippen molar-refractivity contribution in [1.82, 2.24) is 4.98 Å². The van der Waals surface area contributed by atoms with Crippen LogP contribution < -0.4 is 5.32 Å². The molecule has 4 heteroatoms. The van der Waals surface area contributed by atoms with E-state index in [1.165, 1.54) is 0 Å². The van der Waals surface area contributed by atoms with Crippen molar-refractivity contribution in [2.24, 2.45) is 5.41 Å². The summed E-state index contributed by atoms with van der Waals surface area (Å²) in [6.45, 7) is 4.67. The van der Waals surface area contributed by atoms with Crippen LogP contribution in [0, 0.1) is 5.41 Å². The Kier molecular flexibility index (Phi) is 2.88. The number of benzene rings is 1. The Hall–Kier alpha value is -1.32. The van der Waals surface area contributed by atoms with Gasteiger partial charge in [-0.05, 0) is 11.5 Å². The predicted octanol–water partition coefficient (Wildman–Crippen LogP) is 3.34. The van der Waals surface area contributed by atoms with Crippen molar-refractivity contribution < 1.29 is 4.74 Å². The first kappa shape index (κ1) is 11.8. The van der Waals surface area contributed by atoms with Gasteiger partial charge in [0.05, 0.1) is 13.2 Å². The van der Waals surface area contributed by atoms with Gasteiger partial charge < -0.3 is 10.1 Å². The van der Waals surface area contributed by atoms with Crippen molar-refractivity contribution in [1.29, 1.82) is 0 Å². The molecule has 1 saturated heterocycles. The summed E-state index contributed by atoms with van der Waals surface area (Å²) in [5, 5.41) is 5.99. The highest BCUT2D eigenvalue weighted by Gasteiger charge is 2.33. The van der Waals surface area contributed by atoms with Gasteiger partial charge in [-0.2, -0.15) is 0 Å². The summed E-state index contributed by atoms with van der Waals surface area (Å²) in [6.07, 6.45) is 0. The van der Waals surface area contributed by atoms with Crippen molar-refractivity contribution >= 4 is 28.2 Å². The molecule has 1 fully saturated rings. The highest BCUT2D eigenvalue weighted by atomic mass is 35.5. The second kappa shape index (κ2) is 4.41. The van der Waals surface area contributed by atoms with E-state index in [4.69, 9.17) is 16.3 Å². The number of fused-ring (bicyclic) bond motifs is 1. The fourth-order valence-corrected chi connectivity index (χ4v) is 2.37. The molecule has 1 aromatic heterocycles. The SMILES string of the molecule is CC1(CNc2cc3ccccc3c(Cl)n2)COC1. The summed E-state index contributed by atoms with van der Waals surface area (Å²) < 4.78 is 5.23. The van der Waals surface area contributed by atoms with Gasteiger partial charge in [0.2, 0.25) is 0 Å². The molecule has 2 heterocycles. The van der Waals surface area contributed by atoms with Crippen molar-refractivity contribution in [3.8, 4) is 0 Å². The van der Waals surface area contributed by atoms with Crippen molar-refractivity contribution in [3.05, 3.63) is 35.5 Å². The summed E-state index contributed by atoms with van der Waals surface area (Å²) in [6, 6.07) is 10.0. The molecule has 0 unspecified atom stereocenters. The zero-order valence-electron chi connectivity index (χ0n) is 10.2. The van der Waals surface area contributed by atoms with Crippen molar-refractivity contribution in [3.63, 3.8) is 0 Å². The van der Waals surface area contributed by atoms with E-state index in [2.05, 4.69) is 17.2 Å². The molecular weight excluding hydrogens is 248 g/mol. The summed E-state index contributed by atoms with van der Waals surface area (Å²) in [5.74, 6) is 0.826. The Balaban J connectivity index is 1.84. The van der Waals surface area contributed by atoms with E-state index in [-0.39, 0.29) is 5.41 Å². The fraction of sp³-hybridized carbons (Fsp3) is 0.357. The number of ether oxygens (including phenoxy) is 1. The molecular formula is C14H15ClN2O. The predicted molar refractivity (Wildman–Crippen MR) is 74.2 cm³/mol. The van der Waals surface area contributed by atoms with Gasteiger partial charge in [0.25, 0.3) is 0 Å². The van der Waals surface area contributed by atoms with Gasteiger partial charge in [-0.25, -0.2) is 4.98 Å². The van der Waals surface area contributed by atoms with E-state index >= 15 is 0 Å². The highest BCUT2D eigenvalue weighted by molar-refractivity contribution is 6.34. The van der Waals surface area contributed by atoms with Crippen LogP contribution in [-0.2, 0) is 4.74 Å². The first-order chi connectivity index (χ1) is 8.66. The molecule has 0 atom stereocenters. The van der Waals surface area contributed by atoms with E-state index in [1.807, 2.05) is 30.3 Å². The Morgan fingerprint density at radius 3 is 2.89 bits per heavy atom. The maximum atomic E-state index is 6.18. The minimum atomic E-state index is 0.222. The average molecular weight is 263 g/mol. The van der Waals surface area contributed by atoms with Gasteiger partial charge in [-0.15, -0.1) is 0 Å². The lowest BCUT2D eigenvalue weighted by Crippen LogP contribution is -2.45. The molecule has 1 aromatic carbocycles. The molecule has 94 valence electrons. The lowest BCUT2D eigenvalue weighted by Gasteiger charge is -2.38. The van der Waals surface area contributed by atoms with Gasteiger partial charge in [0.1, 0.15) is 11.0 Å².